The molecule has 3 aromatic rings. The number of nitrogens with one attached hydrogen (secondary N) is 2. The average Bonchev–Trinajstić information content (AvgIpc) is 2.92. The number of nitrogens with zero attached hydrogens (tertiary/aromatic N) is 2. The van der Waals surface area contributed by atoms with Crippen LogP contribution in [0.3, 0.4) is 0 Å². The molecule has 1 aromatic carbocycles. The molecule has 2 aromatic heterocycles. The van der Waals surface area contributed by atoms with Gasteiger partial charge < -0.3 is 10.3 Å². The highest BCUT2D eigenvalue weighted by molar-refractivity contribution is 5.94. The van der Waals surface area contributed by atoms with Gasteiger partial charge in [0.25, 0.3) is 0 Å². The molecule has 86 valence electrons. The van der Waals surface area contributed by atoms with Crippen molar-refractivity contribution < 1.29 is 0 Å². The van der Waals surface area contributed by atoms with E-state index < -0.39 is 0 Å². The van der Waals surface area contributed by atoms with Gasteiger partial charge in [0, 0.05) is 42.8 Å². The van der Waals surface area contributed by atoms with E-state index in [1.54, 1.807) is 0 Å². The number of benzene rings is 1. The molecular weight excluding hydrogens is 212 g/mol. The Morgan fingerprint density at radius 1 is 1.29 bits per heavy atom. The van der Waals surface area contributed by atoms with Crippen molar-refractivity contribution in [3.05, 3.63) is 36.5 Å². The van der Waals surface area contributed by atoms with Crippen LogP contribution in [0.15, 0.2) is 36.5 Å². The van der Waals surface area contributed by atoms with Gasteiger partial charge in [0.15, 0.2) is 0 Å². The number of aromatic amines is 1. The molecule has 2 N–H and O–H groups in total. The summed E-state index contributed by atoms with van der Waals surface area (Å²) in [6, 6.07) is 10.3. The predicted octanol–water partition coefficient (Wildman–Crippen LogP) is 2.61. The van der Waals surface area contributed by atoms with Gasteiger partial charge in [-0.1, -0.05) is 18.2 Å². The maximum absolute atomic E-state index is 4.38. The molecule has 4 heteroatoms. The number of anilines is 1. The zero-order valence-electron chi connectivity index (χ0n) is 9.86. The van der Waals surface area contributed by atoms with Crippen LogP contribution in [0.25, 0.3) is 22.2 Å². The minimum atomic E-state index is 0.882. The topological polar surface area (TPSA) is 45.6 Å². The normalized spacial score (nSPS) is 10.9. The summed E-state index contributed by atoms with van der Waals surface area (Å²) in [6.45, 7) is 0. The van der Waals surface area contributed by atoms with Crippen LogP contribution in [0.4, 0.5) is 5.82 Å². The number of rotatable bonds is 2. The van der Waals surface area contributed by atoms with E-state index in [1.165, 1.54) is 10.9 Å². The number of H-pyrrole nitrogens is 1. The zero-order valence-corrected chi connectivity index (χ0v) is 9.86. The molecule has 0 fully saturated rings. The van der Waals surface area contributed by atoms with Crippen molar-refractivity contribution in [3.63, 3.8) is 0 Å². The SMILES string of the molecule is CNc1cc(-c2c[nH]c3ccccc23)n(C)n1. The van der Waals surface area contributed by atoms with Crippen molar-refractivity contribution in [2.75, 3.05) is 12.4 Å². The van der Waals surface area contributed by atoms with E-state index in [1.807, 2.05) is 31.0 Å². The van der Waals surface area contributed by atoms with E-state index in [2.05, 4.69) is 39.7 Å². The van der Waals surface area contributed by atoms with Gasteiger partial charge >= 0.3 is 0 Å². The third-order valence-electron chi connectivity index (χ3n) is 3.00. The maximum Gasteiger partial charge on any atom is 0.148 e. The first-order valence-corrected chi connectivity index (χ1v) is 5.58. The third-order valence-corrected chi connectivity index (χ3v) is 3.00. The number of fused-ring (bicyclic) bond motifs is 1. The fourth-order valence-corrected chi connectivity index (χ4v) is 2.12. The summed E-state index contributed by atoms with van der Waals surface area (Å²) in [5, 5.41) is 8.66. The van der Waals surface area contributed by atoms with Crippen molar-refractivity contribution >= 4 is 16.7 Å². The predicted molar refractivity (Wildman–Crippen MR) is 70.0 cm³/mol. The molecule has 0 amide bonds. The Bertz CT molecular complexity index is 663. The number of aryl methyl sites for hydroxylation is 1. The largest absolute Gasteiger partial charge is 0.372 e. The van der Waals surface area contributed by atoms with Gasteiger partial charge in [-0.15, -0.1) is 0 Å². The van der Waals surface area contributed by atoms with Gasteiger partial charge in [0.1, 0.15) is 5.82 Å². The Hall–Kier alpha value is -2.23. The van der Waals surface area contributed by atoms with Crippen LogP contribution >= 0.6 is 0 Å². The van der Waals surface area contributed by atoms with Gasteiger partial charge in [-0.2, -0.15) is 5.10 Å². The Morgan fingerprint density at radius 3 is 2.88 bits per heavy atom. The van der Waals surface area contributed by atoms with Crippen LogP contribution in [0.2, 0.25) is 0 Å². The number of hydrogen-bond acceptors (Lipinski definition) is 2. The van der Waals surface area contributed by atoms with Gasteiger partial charge in [-0.3, -0.25) is 4.68 Å². The molecule has 4 nitrogen and oxygen atoms in total. The van der Waals surface area contributed by atoms with Gasteiger partial charge in [-0.25, -0.2) is 0 Å². The molecule has 0 atom stereocenters. The van der Waals surface area contributed by atoms with Crippen LogP contribution in [-0.2, 0) is 7.05 Å². The Balaban J connectivity index is 2.23. The van der Waals surface area contributed by atoms with Crippen molar-refractivity contribution in [2.45, 2.75) is 0 Å². The highest BCUT2D eigenvalue weighted by atomic mass is 15.3. The van der Waals surface area contributed by atoms with Gasteiger partial charge in [0.05, 0.1) is 5.69 Å². The first-order valence-electron chi connectivity index (χ1n) is 5.58. The molecule has 0 saturated heterocycles. The first-order chi connectivity index (χ1) is 8.29. The van der Waals surface area contributed by atoms with E-state index in [0.717, 1.165) is 17.0 Å². The lowest BCUT2D eigenvalue weighted by atomic mass is 10.1. The van der Waals surface area contributed by atoms with Crippen molar-refractivity contribution in [2.24, 2.45) is 7.05 Å². The summed E-state index contributed by atoms with van der Waals surface area (Å²) >= 11 is 0. The summed E-state index contributed by atoms with van der Waals surface area (Å²) in [4.78, 5) is 3.28. The highest BCUT2D eigenvalue weighted by Gasteiger charge is 2.10. The Morgan fingerprint density at radius 2 is 2.12 bits per heavy atom. The second-order valence-corrected chi connectivity index (χ2v) is 4.04. The van der Waals surface area contributed by atoms with Gasteiger partial charge in [0.2, 0.25) is 0 Å². The average molecular weight is 226 g/mol. The lowest BCUT2D eigenvalue weighted by Crippen LogP contribution is -1.94. The molecule has 17 heavy (non-hydrogen) atoms. The summed E-state index contributed by atoms with van der Waals surface area (Å²) in [5.41, 5.74) is 3.43. The molecule has 0 aliphatic carbocycles. The second-order valence-electron chi connectivity index (χ2n) is 4.04. The third kappa shape index (κ3) is 1.49. The highest BCUT2D eigenvalue weighted by Crippen LogP contribution is 2.29. The molecule has 0 radical (unpaired) electrons. The van der Waals surface area contributed by atoms with Crippen LogP contribution in [-0.4, -0.2) is 21.8 Å². The molecule has 0 unspecified atom stereocenters. The number of aromatic nitrogens is 3. The number of hydrogen-bond donors (Lipinski definition) is 2. The van der Waals surface area contributed by atoms with E-state index >= 15 is 0 Å². The molecule has 0 aliphatic heterocycles. The summed E-state index contributed by atoms with van der Waals surface area (Å²) < 4.78 is 1.89. The molecular formula is C13H14N4. The second kappa shape index (κ2) is 3.66. The van der Waals surface area contributed by atoms with Crippen molar-refractivity contribution in [1.82, 2.24) is 14.8 Å². The lowest BCUT2D eigenvalue weighted by molar-refractivity contribution is 0.779. The van der Waals surface area contributed by atoms with E-state index in [9.17, 15) is 0 Å². The molecule has 0 bridgehead atoms. The lowest BCUT2D eigenvalue weighted by Gasteiger charge is -1.98. The minimum absolute atomic E-state index is 0.882. The summed E-state index contributed by atoms with van der Waals surface area (Å²) in [6.07, 6.45) is 2.03. The summed E-state index contributed by atoms with van der Waals surface area (Å²) in [7, 11) is 3.83. The maximum atomic E-state index is 4.38. The molecule has 0 aliphatic rings. The summed E-state index contributed by atoms with van der Waals surface area (Å²) in [5.74, 6) is 0.882. The fraction of sp³-hybridized carbons (Fsp3) is 0.154. The Kier molecular flexibility index (Phi) is 2.14. The van der Waals surface area contributed by atoms with E-state index in [4.69, 9.17) is 0 Å². The Labute approximate surface area is 99.3 Å². The van der Waals surface area contributed by atoms with E-state index in [0.29, 0.717) is 0 Å². The smallest absolute Gasteiger partial charge is 0.148 e. The quantitative estimate of drug-likeness (QED) is 0.705. The molecule has 0 saturated carbocycles. The van der Waals surface area contributed by atoms with Crippen molar-refractivity contribution in [1.29, 1.82) is 0 Å². The van der Waals surface area contributed by atoms with Crippen LogP contribution in [0, 0.1) is 0 Å². The van der Waals surface area contributed by atoms with Crippen molar-refractivity contribution in [3.8, 4) is 11.3 Å². The molecule has 0 spiro atoms. The first kappa shape index (κ1) is 9.96. The van der Waals surface area contributed by atoms with Gasteiger partial charge in [-0.05, 0) is 6.07 Å². The molecule has 2 heterocycles. The standard InChI is InChI=1S/C13H14N4/c1-14-13-7-12(17(2)16-13)10-8-15-11-6-4-3-5-9(10)11/h3-8,15H,1-2H3,(H,14,16). The minimum Gasteiger partial charge on any atom is -0.372 e. The fourth-order valence-electron chi connectivity index (χ4n) is 2.12. The zero-order chi connectivity index (χ0) is 11.8. The van der Waals surface area contributed by atoms with Crippen LogP contribution < -0.4 is 5.32 Å². The van der Waals surface area contributed by atoms with Crippen LogP contribution in [0.5, 0.6) is 0 Å². The number of para-hydroxylation sites is 1. The molecule has 3 rings (SSSR count). The van der Waals surface area contributed by atoms with E-state index in [-0.39, 0.29) is 0 Å². The monoisotopic (exact) mass is 226 g/mol. The van der Waals surface area contributed by atoms with Crippen LogP contribution in [0.1, 0.15) is 0 Å².